The van der Waals surface area contributed by atoms with Crippen molar-refractivity contribution in [3.05, 3.63) is 23.8 Å². The molecule has 0 aromatic heterocycles. The van der Waals surface area contributed by atoms with Gasteiger partial charge < -0.3 is 9.84 Å². The third-order valence-corrected chi connectivity index (χ3v) is 2.60. The van der Waals surface area contributed by atoms with Crippen molar-refractivity contribution in [1.29, 1.82) is 0 Å². The Kier molecular flexibility index (Phi) is 5.31. The summed E-state index contributed by atoms with van der Waals surface area (Å²) in [5.41, 5.74) is 1.21. The Morgan fingerprint density at radius 2 is 2.31 bits per heavy atom. The second kappa shape index (κ2) is 6.52. The highest BCUT2D eigenvalue weighted by molar-refractivity contribution is 5.10. The molecule has 1 rings (SSSR count). The Bertz CT molecular complexity index is 305. The zero-order valence-corrected chi connectivity index (χ0v) is 10.0. The van der Waals surface area contributed by atoms with E-state index in [1.807, 2.05) is 26.0 Å². The van der Waals surface area contributed by atoms with Crippen LogP contribution in [0.3, 0.4) is 0 Å². The van der Waals surface area contributed by atoms with Crippen LogP contribution in [0.5, 0.6) is 0 Å². The van der Waals surface area contributed by atoms with Gasteiger partial charge in [0.25, 0.3) is 0 Å². The van der Waals surface area contributed by atoms with E-state index in [1.165, 1.54) is 5.57 Å². The molecule has 1 saturated heterocycles. The third kappa shape index (κ3) is 4.22. The average molecular weight is 220 g/mol. The highest BCUT2D eigenvalue weighted by Gasteiger charge is 2.28. The number of aliphatic hydroxyl groups is 1. The molecule has 0 unspecified atom stereocenters. The molecule has 88 valence electrons. The number of ether oxygens (including phenoxy) is 1. The molecule has 0 spiro atoms. The molecule has 0 amide bonds. The Labute approximate surface area is 98.0 Å². The van der Waals surface area contributed by atoms with Crippen molar-refractivity contribution in [3.8, 4) is 12.3 Å². The van der Waals surface area contributed by atoms with Crippen molar-refractivity contribution in [2.24, 2.45) is 0 Å². The first-order valence-electron chi connectivity index (χ1n) is 5.72. The van der Waals surface area contributed by atoms with Gasteiger partial charge in [-0.1, -0.05) is 23.8 Å². The fourth-order valence-electron chi connectivity index (χ4n) is 1.75. The third-order valence-electron chi connectivity index (χ3n) is 2.60. The van der Waals surface area contributed by atoms with E-state index in [2.05, 4.69) is 5.92 Å². The predicted molar refractivity (Wildman–Crippen MR) is 65.9 cm³/mol. The molecule has 16 heavy (non-hydrogen) atoms. The number of rotatable bonds is 4. The van der Waals surface area contributed by atoms with Crippen LogP contribution in [0.15, 0.2) is 23.8 Å². The summed E-state index contributed by atoms with van der Waals surface area (Å²) in [6.45, 7) is 4.04. The van der Waals surface area contributed by atoms with E-state index in [1.54, 1.807) is 6.08 Å². The molecular weight excluding hydrogens is 200 g/mol. The van der Waals surface area contributed by atoms with Crippen LogP contribution in [-0.4, -0.2) is 23.4 Å². The Morgan fingerprint density at radius 1 is 1.56 bits per heavy atom. The van der Waals surface area contributed by atoms with Gasteiger partial charge in [-0.25, -0.2) is 0 Å². The van der Waals surface area contributed by atoms with Gasteiger partial charge in [0.1, 0.15) is 0 Å². The first-order valence-corrected chi connectivity index (χ1v) is 5.72. The molecule has 1 aliphatic heterocycles. The lowest BCUT2D eigenvalue weighted by molar-refractivity contribution is -0.0134. The highest BCUT2D eigenvalue weighted by atomic mass is 16.5. The van der Waals surface area contributed by atoms with Crippen molar-refractivity contribution < 1.29 is 9.84 Å². The van der Waals surface area contributed by atoms with Gasteiger partial charge >= 0.3 is 0 Å². The minimum absolute atomic E-state index is 0.0971. The number of allylic oxidation sites excluding steroid dienone is 3. The van der Waals surface area contributed by atoms with E-state index < -0.39 is 6.10 Å². The molecule has 1 aliphatic rings. The van der Waals surface area contributed by atoms with E-state index in [0.29, 0.717) is 6.42 Å². The van der Waals surface area contributed by atoms with Crippen molar-refractivity contribution in [3.63, 3.8) is 0 Å². The van der Waals surface area contributed by atoms with Gasteiger partial charge in [-0.05, 0) is 26.7 Å². The zero-order valence-electron chi connectivity index (χ0n) is 10.0. The van der Waals surface area contributed by atoms with Crippen molar-refractivity contribution in [2.45, 2.75) is 51.4 Å². The van der Waals surface area contributed by atoms with Crippen LogP contribution in [0.2, 0.25) is 0 Å². The Balaban J connectivity index is 2.39. The molecule has 1 fully saturated rings. The SMILES string of the molecule is C#CC[C@H]1CC[C@H]([C@H](O)/C=C/C=C(C)C)O1. The lowest BCUT2D eigenvalue weighted by Crippen LogP contribution is -2.24. The lowest BCUT2D eigenvalue weighted by Gasteiger charge is -2.15. The van der Waals surface area contributed by atoms with E-state index in [9.17, 15) is 5.11 Å². The molecular formula is C14H20O2. The maximum Gasteiger partial charge on any atom is 0.0985 e. The molecule has 0 aliphatic carbocycles. The van der Waals surface area contributed by atoms with Crippen LogP contribution >= 0.6 is 0 Å². The second-order valence-electron chi connectivity index (χ2n) is 4.40. The lowest BCUT2D eigenvalue weighted by atomic mass is 10.1. The highest BCUT2D eigenvalue weighted by Crippen LogP contribution is 2.24. The minimum atomic E-state index is -0.529. The molecule has 2 nitrogen and oxygen atoms in total. The van der Waals surface area contributed by atoms with Gasteiger partial charge in [0.2, 0.25) is 0 Å². The Morgan fingerprint density at radius 3 is 2.94 bits per heavy atom. The number of hydrogen-bond donors (Lipinski definition) is 1. The summed E-state index contributed by atoms with van der Waals surface area (Å²) < 4.78 is 5.66. The quantitative estimate of drug-likeness (QED) is 0.582. The van der Waals surface area contributed by atoms with Crippen LogP contribution in [-0.2, 0) is 4.74 Å². The molecule has 0 saturated carbocycles. The van der Waals surface area contributed by atoms with Crippen molar-refractivity contribution in [2.75, 3.05) is 0 Å². The first-order chi connectivity index (χ1) is 7.63. The van der Waals surface area contributed by atoms with E-state index in [0.717, 1.165) is 12.8 Å². The molecule has 0 bridgehead atoms. The summed E-state index contributed by atoms with van der Waals surface area (Å²) in [6, 6.07) is 0. The monoisotopic (exact) mass is 220 g/mol. The average Bonchev–Trinajstić information content (AvgIpc) is 2.66. The van der Waals surface area contributed by atoms with Crippen LogP contribution in [0.4, 0.5) is 0 Å². The smallest absolute Gasteiger partial charge is 0.0985 e. The van der Waals surface area contributed by atoms with Gasteiger partial charge in [0, 0.05) is 6.42 Å². The second-order valence-corrected chi connectivity index (χ2v) is 4.40. The summed E-state index contributed by atoms with van der Waals surface area (Å²) in [6.07, 6.45) is 12.8. The molecule has 0 radical (unpaired) electrons. The van der Waals surface area contributed by atoms with Gasteiger partial charge in [0.15, 0.2) is 0 Å². The summed E-state index contributed by atoms with van der Waals surface area (Å²) in [7, 11) is 0. The predicted octanol–water partition coefficient (Wildman–Crippen LogP) is 2.44. The molecule has 0 aromatic carbocycles. The zero-order chi connectivity index (χ0) is 12.0. The molecule has 2 heteroatoms. The number of hydrogen-bond acceptors (Lipinski definition) is 2. The summed E-state index contributed by atoms with van der Waals surface area (Å²) in [4.78, 5) is 0. The van der Waals surface area contributed by atoms with Crippen LogP contribution in [0, 0.1) is 12.3 Å². The largest absolute Gasteiger partial charge is 0.386 e. The van der Waals surface area contributed by atoms with E-state index >= 15 is 0 Å². The molecule has 0 aromatic rings. The number of terminal acetylenes is 1. The summed E-state index contributed by atoms with van der Waals surface area (Å²) in [5, 5.41) is 9.86. The van der Waals surface area contributed by atoms with Crippen LogP contribution in [0.1, 0.15) is 33.1 Å². The van der Waals surface area contributed by atoms with Crippen LogP contribution in [0.25, 0.3) is 0 Å². The standard InChI is InChI=1S/C14H20O2/c1-4-6-12-9-10-14(16-12)13(15)8-5-7-11(2)3/h1,5,7-8,12-15H,6,9-10H2,2-3H3/b8-5+/t12-,13+,14+/m0/s1. The van der Waals surface area contributed by atoms with Gasteiger partial charge in [-0.3, -0.25) is 0 Å². The fraction of sp³-hybridized carbons (Fsp3) is 0.571. The van der Waals surface area contributed by atoms with Crippen molar-refractivity contribution >= 4 is 0 Å². The summed E-state index contributed by atoms with van der Waals surface area (Å²) in [5.74, 6) is 2.59. The maximum atomic E-state index is 9.86. The number of aliphatic hydroxyl groups excluding tert-OH is 1. The van der Waals surface area contributed by atoms with Crippen LogP contribution < -0.4 is 0 Å². The van der Waals surface area contributed by atoms with Gasteiger partial charge in [-0.2, -0.15) is 0 Å². The van der Waals surface area contributed by atoms with Gasteiger partial charge in [-0.15, -0.1) is 12.3 Å². The van der Waals surface area contributed by atoms with E-state index in [-0.39, 0.29) is 12.2 Å². The van der Waals surface area contributed by atoms with Gasteiger partial charge in [0.05, 0.1) is 18.3 Å². The molecule has 3 atom stereocenters. The Hall–Kier alpha value is -1.04. The topological polar surface area (TPSA) is 29.5 Å². The maximum absolute atomic E-state index is 9.86. The summed E-state index contributed by atoms with van der Waals surface area (Å²) >= 11 is 0. The molecule has 1 N–H and O–H groups in total. The van der Waals surface area contributed by atoms with E-state index in [4.69, 9.17) is 11.2 Å². The van der Waals surface area contributed by atoms with Crippen molar-refractivity contribution in [1.82, 2.24) is 0 Å². The molecule has 1 heterocycles. The fourth-order valence-corrected chi connectivity index (χ4v) is 1.75. The minimum Gasteiger partial charge on any atom is -0.386 e. The normalized spacial score (nSPS) is 26.6. The first kappa shape index (κ1) is 13.0.